The van der Waals surface area contributed by atoms with Crippen LogP contribution in [0, 0.1) is 17.2 Å². The van der Waals surface area contributed by atoms with Crippen LogP contribution in [0.15, 0.2) is 66.4 Å². The molecule has 0 unspecified atom stereocenters. The third-order valence-corrected chi connectivity index (χ3v) is 7.24. The number of hydrogen-bond acceptors (Lipinski definition) is 2. The number of aromatic nitrogens is 2. The lowest BCUT2D eigenvalue weighted by atomic mass is 9.69. The van der Waals surface area contributed by atoms with E-state index in [4.69, 9.17) is 0 Å². The Bertz CT molecular complexity index is 1170. The normalized spacial score (nSPS) is 21.6. The van der Waals surface area contributed by atoms with Crippen LogP contribution in [-0.4, -0.2) is 27.1 Å². The van der Waals surface area contributed by atoms with Gasteiger partial charge in [-0.25, -0.2) is 9.07 Å². The summed E-state index contributed by atoms with van der Waals surface area (Å²) < 4.78 is 15.2. The first-order chi connectivity index (χ1) is 15.5. The van der Waals surface area contributed by atoms with Gasteiger partial charge in [0.25, 0.3) is 0 Å². The summed E-state index contributed by atoms with van der Waals surface area (Å²) in [5, 5.41) is 4.59. The summed E-state index contributed by atoms with van der Waals surface area (Å²) in [5.74, 6) is -0.0369. The predicted octanol–water partition coefficient (Wildman–Crippen LogP) is 5.42. The van der Waals surface area contributed by atoms with Crippen molar-refractivity contribution in [2.45, 2.75) is 39.7 Å². The van der Waals surface area contributed by atoms with Crippen molar-refractivity contribution in [3.05, 3.63) is 89.0 Å². The van der Waals surface area contributed by atoms with Crippen LogP contribution < -0.4 is 0 Å². The van der Waals surface area contributed by atoms with Crippen LogP contribution in [-0.2, 0) is 17.8 Å². The molecular formula is C27H28FN3O. The minimum Gasteiger partial charge on any atom is -0.338 e. The number of nitrogens with zero attached hydrogens (tertiary/aromatic N) is 3. The summed E-state index contributed by atoms with van der Waals surface area (Å²) in [6.07, 6.45) is 6.72. The molecule has 5 heteroatoms. The number of rotatable bonds is 5. The van der Waals surface area contributed by atoms with E-state index in [0.29, 0.717) is 13.1 Å². The first-order valence-corrected chi connectivity index (χ1v) is 11.4. The number of benzene rings is 2. The van der Waals surface area contributed by atoms with Crippen LogP contribution in [0.25, 0.3) is 11.8 Å². The van der Waals surface area contributed by atoms with Crippen molar-refractivity contribution in [3.63, 3.8) is 0 Å². The maximum Gasteiger partial charge on any atom is 0.226 e. The second-order valence-corrected chi connectivity index (χ2v) is 9.14. The number of fused-ring (bicyclic) bond motifs is 2. The van der Waals surface area contributed by atoms with Crippen molar-refractivity contribution in [3.8, 4) is 5.69 Å². The monoisotopic (exact) mass is 429 g/mol. The molecule has 5 rings (SSSR count). The minimum absolute atomic E-state index is 0.0280. The Kier molecular flexibility index (Phi) is 5.20. The van der Waals surface area contributed by atoms with E-state index in [2.05, 4.69) is 37.2 Å². The van der Waals surface area contributed by atoms with Gasteiger partial charge in [0.1, 0.15) is 5.82 Å². The van der Waals surface area contributed by atoms with E-state index in [1.54, 1.807) is 12.1 Å². The molecule has 1 fully saturated rings. The van der Waals surface area contributed by atoms with Gasteiger partial charge in [-0.1, -0.05) is 42.8 Å². The van der Waals surface area contributed by atoms with E-state index in [1.165, 1.54) is 17.7 Å². The molecule has 0 bridgehead atoms. The summed E-state index contributed by atoms with van der Waals surface area (Å²) in [6, 6.07) is 16.6. The molecule has 0 aliphatic heterocycles. The van der Waals surface area contributed by atoms with E-state index < -0.39 is 0 Å². The highest BCUT2D eigenvalue weighted by atomic mass is 19.1. The van der Waals surface area contributed by atoms with Crippen molar-refractivity contribution in [1.82, 2.24) is 14.7 Å². The zero-order chi connectivity index (χ0) is 22.3. The highest BCUT2D eigenvalue weighted by Crippen LogP contribution is 2.53. The second-order valence-electron chi connectivity index (χ2n) is 9.14. The Morgan fingerprint density at radius 2 is 1.94 bits per heavy atom. The number of carbonyl (C=O) groups excluding carboxylic acids is 1. The lowest BCUT2D eigenvalue weighted by Crippen LogP contribution is -2.42. The Labute approximate surface area is 188 Å². The maximum absolute atomic E-state index is 13.7. The van der Waals surface area contributed by atoms with E-state index in [1.807, 2.05) is 34.0 Å². The van der Waals surface area contributed by atoms with Crippen molar-refractivity contribution in [2.24, 2.45) is 11.3 Å². The summed E-state index contributed by atoms with van der Waals surface area (Å²) in [7, 11) is 0. The summed E-state index contributed by atoms with van der Waals surface area (Å²) in [6.45, 7) is 5.65. The standard InChI is InChI=1S/C27H28FN3O/c1-3-30(18-19-7-5-4-6-8-19)26(32)24-14-9-21-15-25-20(16-27(21,24)2)17-29-31(25)23-12-10-22(28)11-13-23/h4-8,10-13,15,17,24H,3,9,14,16,18H2,1-2H3/t24-,27+/m1/s1. The molecule has 0 saturated heterocycles. The zero-order valence-electron chi connectivity index (χ0n) is 18.6. The van der Waals surface area contributed by atoms with Gasteiger partial charge in [0.15, 0.2) is 0 Å². The third kappa shape index (κ3) is 3.46. The Balaban J connectivity index is 1.42. The first-order valence-electron chi connectivity index (χ1n) is 11.4. The first kappa shape index (κ1) is 20.7. The zero-order valence-corrected chi connectivity index (χ0v) is 18.6. The van der Waals surface area contributed by atoms with Crippen LogP contribution in [0.4, 0.5) is 4.39 Å². The fourth-order valence-corrected chi connectivity index (χ4v) is 5.40. The number of allylic oxidation sites excluding steroid dienone is 1. The van der Waals surface area contributed by atoms with Crippen molar-refractivity contribution >= 4 is 12.0 Å². The van der Waals surface area contributed by atoms with Crippen molar-refractivity contribution in [1.29, 1.82) is 0 Å². The molecular weight excluding hydrogens is 401 g/mol. The van der Waals surface area contributed by atoms with Crippen LogP contribution in [0.3, 0.4) is 0 Å². The smallest absolute Gasteiger partial charge is 0.226 e. The SMILES string of the molecule is CCN(Cc1ccccc1)C(=O)[C@H]1CCC2=Cc3c(cnn3-c3ccc(F)cc3)C[C@@]21C. The second kappa shape index (κ2) is 8.05. The summed E-state index contributed by atoms with van der Waals surface area (Å²) in [5.41, 5.74) is 5.33. The van der Waals surface area contributed by atoms with Gasteiger partial charge in [0.05, 0.1) is 17.6 Å². The molecule has 2 aromatic carbocycles. The molecule has 2 aliphatic carbocycles. The van der Waals surface area contributed by atoms with Gasteiger partial charge < -0.3 is 4.90 Å². The molecule has 0 spiro atoms. The van der Waals surface area contributed by atoms with Crippen molar-refractivity contribution < 1.29 is 9.18 Å². The minimum atomic E-state index is -0.256. The largest absolute Gasteiger partial charge is 0.338 e. The lowest BCUT2D eigenvalue weighted by molar-refractivity contribution is -0.138. The molecule has 1 saturated carbocycles. The van der Waals surface area contributed by atoms with E-state index in [-0.39, 0.29) is 23.1 Å². The molecule has 0 radical (unpaired) electrons. The third-order valence-electron chi connectivity index (χ3n) is 7.24. The quantitative estimate of drug-likeness (QED) is 0.543. The van der Waals surface area contributed by atoms with Gasteiger partial charge in [0.2, 0.25) is 5.91 Å². The highest BCUT2D eigenvalue weighted by Gasteiger charge is 2.49. The molecule has 1 heterocycles. The number of hydrogen-bond donors (Lipinski definition) is 0. The van der Waals surface area contributed by atoms with Gasteiger partial charge in [-0.2, -0.15) is 5.10 Å². The molecule has 2 aliphatic rings. The number of halogens is 1. The Hall–Kier alpha value is -3.21. The topological polar surface area (TPSA) is 38.1 Å². The fraction of sp³-hybridized carbons (Fsp3) is 0.333. The average molecular weight is 430 g/mol. The molecule has 1 amide bonds. The van der Waals surface area contributed by atoms with Gasteiger partial charge >= 0.3 is 0 Å². The lowest BCUT2D eigenvalue weighted by Gasteiger charge is -2.37. The van der Waals surface area contributed by atoms with Crippen LogP contribution >= 0.6 is 0 Å². The molecule has 164 valence electrons. The molecule has 2 atom stereocenters. The number of carbonyl (C=O) groups is 1. The van der Waals surface area contributed by atoms with Crippen LogP contribution in [0.5, 0.6) is 0 Å². The molecule has 1 aromatic heterocycles. The van der Waals surface area contributed by atoms with E-state index >= 15 is 0 Å². The average Bonchev–Trinajstić information content (AvgIpc) is 3.36. The molecule has 32 heavy (non-hydrogen) atoms. The van der Waals surface area contributed by atoms with Crippen molar-refractivity contribution in [2.75, 3.05) is 6.54 Å². The maximum atomic E-state index is 13.7. The number of amides is 1. The fourth-order valence-electron chi connectivity index (χ4n) is 5.40. The summed E-state index contributed by atoms with van der Waals surface area (Å²) >= 11 is 0. The Morgan fingerprint density at radius 3 is 2.66 bits per heavy atom. The molecule has 0 N–H and O–H groups in total. The Morgan fingerprint density at radius 1 is 1.19 bits per heavy atom. The van der Waals surface area contributed by atoms with Gasteiger partial charge in [-0.3, -0.25) is 4.79 Å². The summed E-state index contributed by atoms with van der Waals surface area (Å²) in [4.78, 5) is 15.6. The van der Waals surface area contributed by atoms with Gasteiger partial charge in [-0.15, -0.1) is 0 Å². The predicted molar refractivity (Wildman–Crippen MR) is 124 cm³/mol. The highest BCUT2D eigenvalue weighted by molar-refractivity contribution is 5.82. The molecule has 3 aromatic rings. The van der Waals surface area contributed by atoms with Gasteiger partial charge in [-0.05, 0) is 67.7 Å². The van der Waals surface area contributed by atoms with Crippen LogP contribution in [0.2, 0.25) is 0 Å². The van der Waals surface area contributed by atoms with E-state index in [0.717, 1.165) is 41.8 Å². The van der Waals surface area contributed by atoms with E-state index in [9.17, 15) is 9.18 Å². The van der Waals surface area contributed by atoms with Gasteiger partial charge in [0, 0.05) is 24.4 Å². The molecule has 4 nitrogen and oxygen atoms in total. The van der Waals surface area contributed by atoms with Crippen LogP contribution in [0.1, 0.15) is 43.5 Å².